The van der Waals surface area contributed by atoms with Crippen molar-refractivity contribution in [2.24, 2.45) is 11.7 Å². The fourth-order valence-corrected chi connectivity index (χ4v) is 3.03. The Morgan fingerprint density at radius 3 is 2.89 bits per heavy atom. The molecule has 0 aromatic heterocycles. The highest BCUT2D eigenvalue weighted by Gasteiger charge is 2.20. The van der Waals surface area contributed by atoms with Crippen molar-refractivity contribution >= 4 is 0 Å². The maximum atomic E-state index is 6.37. The van der Waals surface area contributed by atoms with Crippen molar-refractivity contribution in [1.29, 1.82) is 0 Å². The van der Waals surface area contributed by atoms with Gasteiger partial charge in [0.05, 0.1) is 0 Å². The Balaban J connectivity index is 1.95. The van der Waals surface area contributed by atoms with Crippen molar-refractivity contribution in [1.82, 2.24) is 4.90 Å². The molecule has 0 saturated carbocycles. The lowest BCUT2D eigenvalue weighted by Gasteiger charge is -2.34. The number of nitrogens with two attached hydrogens (primary N) is 1. The molecule has 2 atom stereocenters. The standard InChI is InChI=1S/C16H26N2/c1-3-14-8-6-10-18(11-14)12-16(17)15-9-5-4-7-13(15)2/h4-5,7,9,14,16H,3,6,8,10-12,17H2,1-2H3. The first-order valence-electron chi connectivity index (χ1n) is 7.24. The van der Waals surface area contributed by atoms with Gasteiger partial charge in [-0.3, -0.25) is 0 Å². The number of nitrogens with zero attached hydrogens (tertiary/aromatic N) is 1. The zero-order valence-electron chi connectivity index (χ0n) is 11.7. The van der Waals surface area contributed by atoms with Crippen LogP contribution in [0.5, 0.6) is 0 Å². The van der Waals surface area contributed by atoms with Crippen LogP contribution < -0.4 is 5.73 Å². The highest BCUT2D eigenvalue weighted by atomic mass is 15.1. The number of piperidine rings is 1. The molecular weight excluding hydrogens is 220 g/mol. The quantitative estimate of drug-likeness (QED) is 0.884. The van der Waals surface area contributed by atoms with Gasteiger partial charge in [-0.2, -0.15) is 0 Å². The van der Waals surface area contributed by atoms with E-state index in [4.69, 9.17) is 5.73 Å². The van der Waals surface area contributed by atoms with Crippen LogP contribution in [0.2, 0.25) is 0 Å². The molecule has 1 aliphatic rings. The molecule has 1 fully saturated rings. The molecule has 18 heavy (non-hydrogen) atoms. The average molecular weight is 246 g/mol. The lowest BCUT2D eigenvalue weighted by atomic mass is 9.94. The van der Waals surface area contributed by atoms with Crippen LogP contribution >= 0.6 is 0 Å². The van der Waals surface area contributed by atoms with Gasteiger partial charge in [0.1, 0.15) is 0 Å². The summed E-state index contributed by atoms with van der Waals surface area (Å²) in [6.07, 6.45) is 4.03. The van der Waals surface area contributed by atoms with E-state index in [1.165, 1.54) is 43.5 Å². The summed E-state index contributed by atoms with van der Waals surface area (Å²) in [6, 6.07) is 8.65. The molecule has 2 N–H and O–H groups in total. The Morgan fingerprint density at radius 2 is 2.17 bits per heavy atom. The Labute approximate surface area is 111 Å². The van der Waals surface area contributed by atoms with Gasteiger partial charge in [0.2, 0.25) is 0 Å². The number of benzene rings is 1. The van der Waals surface area contributed by atoms with Crippen molar-refractivity contribution < 1.29 is 0 Å². The van der Waals surface area contributed by atoms with E-state index in [1.54, 1.807) is 0 Å². The van der Waals surface area contributed by atoms with Crippen molar-refractivity contribution in [2.45, 2.75) is 39.2 Å². The largest absolute Gasteiger partial charge is 0.323 e. The molecule has 1 aromatic carbocycles. The second-order valence-corrected chi connectivity index (χ2v) is 5.64. The van der Waals surface area contributed by atoms with Crippen LogP contribution in [0.15, 0.2) is 24.3 Å². The van der Waals surface area contributed by atoms with E-state index in [0.29, 0.717) is 0 Å². The molecule has 2 nitrogen and oxygen atoms in total. The first kappa shape index (κ1) is 13.6. The summed E-state index contributed by atoms with van der Waals surface area (Å²) in [7, 11) is 0. The van der Waals surface area contributed by atoms with Crippen molar-refractivity contribution in [2.75, 3.05) is 19.6 Å². The number of hydrogen-bond donors (Lipinski definition) is 1. The summed E-state index contributed by atoms with van der Waals surface area (Å²) in [4.78, 5) is 2.55. The average Bonchev–Trinajstić information content (AvgIpc) is 2.39. The molecule has 0 amide bonds. The van der Waals surface area contributed by atoms with Gasteiger partial charge < -0.3 is 10.6 Å². The van der Waals surface area contributed by atoms with Gasteiger partial charge in [-0.05, 0) is 43.4 Å². The monoisotopic (exact) mass is 246 g/mol. The van der Waals surface area contributed by atoms with Gasteiger partial charge in [-0.25, -0.2) is 0 Å². The van der Waals surface area contributed by atoms with Crippen LogP contribution in [-0.2, 0) is 0 Å². The van der Waals surface area contributed by atoms with E-state index >= 15 is 0 Å². The third-order valence-corrected chi connectivity index (χ3v) is 4.22. The molecule has 1 aromatic rings. The maximum Gasteiger partial charge on any atom is 0.0426 e. The molecular formula is C16H26N2. The Kier molecular flexibility index (Phi) is 4.79. The molecule has 0 spiro atoms. The SMILES string of the molecule is CCC1CCCN(CC(N)c2ccccc2C)C1. The Hall–Kier alpha value is -0.860. The molecule has 0 radical (unpaired) electrons. The molecule has 2 heteroatoms. The van der Waals surface area contributed by atoms with Crippen LogP contribution in [0, 0.1) is 12.8 Å². The van der Waals surface area contributed by atoms with E-state index in [9.17, 15) is 0 Å². The van der Waals surface area contributed by atoms with Gasteiger partial charge in [0, 0.05) is 19.1 Å². The molecule has 100 valence electrons. The predicted octanol–water partition coefficient (Wildman–Crippen LogP) is 3.12. The zero-order chi connectivity index (χ0) is 13.0. The molecule has 1 saturated heterocycles. The normalized spacial score (nSPS) is 22.9. The van der Waals surface area contributed by atoms with E-state index in [-0.39, 0.29) is 6.04 Å². The van der Waals surface area contributed by atoms with E-state index < -0.39 is 0 Å². The summed E-state index contributed by atoms with van der Waals surface area (Å²) < 4.78 is 0. The van der Waals surface area contributed by atoms with E-state index in [0.717, 1.165) is 12.5 Å². The third-order valence-electron chi connectivity index (χ3n) is 4.22. The number of likely N-dealkylation sites (tertiary alicyclic amines) is 1. The van der Waals surface area contributed by atoms with Crippen molar-refractivity contribution in [3.63, 3.8) is 0 Å². The smallest absolute Gasteiger partial charge is 0.0426 e. The maximum absolute atomic E-state index is 6.37. The Bertz CT molecular complexity index is 375. The first-order valence-corrected chi connectivity index (χ1v) is 7.24. The lowest BCUT2D eigenvalue weighted by Crippen LogP contribution is -2.39. The molecule has 2 rings (SSSR count). The zero-order valence-corrected chi connectivity index (χ0v) is 11.7. The van der Waals surface area contributed by atoms with Gasteiger partial charge in [0.15, 0.2) is 0 Å². The van der Waals surface area contributed by atoms with Crippen LogP contribution in [0.25, 0.3) is 0 Å². The van der Waals surface area contributed by atoms with Crippen LogP contribution in [0.3, 0.4) is 0 Å². The lowest BCUT2D eigenvalue weighted by molar-refractivity contribution is 0.163. The second kappa shape index (κ2) is 6.35. The first-order chi connectivity index (χ1) is 8.70. The number of aryl methyl sites for hydroxylation is 1. The number of hydrogen-bond acceptors (Lipinski definition) is 2. The van der Waals surface area contributed by atoms with Crippen LogP contribution in [0.1, 0.15) is 43.4 Å². The number of rotatable bonds is 4. The minimum atomic E-state index is 0.154. The fraction of sp³-hybridized carbons (Fsp3) is 0.625. The summed E-state index contributed by atoms with van der Waals surface area (Å²) in [5.74, 6) is 0.878. The van der Waals surface area contributed by atoms with Crippen molar-refractivity contribution in [3.05, 3.63) is 35.4 Å². The van der Waals surface area contributed by atoms with Gasteiger partial charge in [-0.1, -0.05) is 37.6 Å². The third kappa shape index (κ3) is 3.33. The minimum absolute atomic E-state index is 0.154. The molecule has 0 bridgehead atoms. The second-order valence-electron chi connectivity index (χ2n) is 5.64. The van der Waals surface area contributed by atoms with Crippen LogP contribution in [-0.4, -0.2) is 24.5 Å². The Morgan fingerprint density at radius 1 is 1.39 bits per heavy atom. The molecule has 1 heterocycles. The van der Waals surface area contributed by atoms with E-state index in [1.807, 2.05) is 0 Å². The summed E-state index contributed by atoms with van der Waals surface area (Å²) >= 11 is 0. The minimum Gasteiger partial charge on any atom is -0.323 e. The summed E-state index contributed by atoms with van der Waals surface area (Å²) in [5.41, 5.74) is 8.99. The van der Waals surface area contributed by atoms with E-state index in [2.05, 4.69) is 43.0 Å². The summed E-state index contributed by atoms with van der Waals surface area (Å²) in [6.45, 7) is 7.91. The molecule has 0 aliphatic carbocycles. The fourth-order valence-electron chi connectivity index (χ4n) is 3.03. The highest BCUT2D eigenvalue weighted by Crippen LogP contribution is 2.22. The molecule has 2 unspecified atom stereocenters. The summed E-state index contributed by atoms with van der Waals surface area (Å²) in [5, 5.41) is 0. The van der Waals surface area contributed by atoms with Crippen LogP contribution in [0.4, 0.5) is 0 Å². The van der Waals surface area contributed by atoms with Gasteiger partial charge in [0.25, 0.3) is 0 Å². The highest BCUT2D eigenvalue weighted by molar-refractivity contribution is 5.28. The van der Waals surface area contributed by atoms with Gasteiger partial charge in [-0.15, -0.1) is 0 Å². The van der Waals surface area contributed by atoms with Crippen molar-refractivity contribution in [3.8, 4) is 0 Å². The predicted molar refractivity (Wildman–Crippen MR) is 77.6 cm³/mol. The molecule has 1 aliphatic heterocycles. The van der Waals surface area contributed by atoms with Gasteiger partial charge >= 0.3 is 0 Å². The topological polar surface area (TPSA) is 29.3 Å².